The van der Waals surface area contributed by atoms with Gasteiger partial charge >= 0.3 is 5.97 Å². The molecule has 1 N–H and O–H groups in total. The first kappa shape index (κ1) is 18.9. The van der Waals surface area contributed by atoms with Crippen molar-refractivity contribution in [1.82, 2.24) is 15.5 Å². The van der Waals surface area contributed by atoms with E-state index >= 15 is 0 Å². The van der Waals surface area contributed by atoms with Crippen molar-refractivity contribution < 1.29 is 23.3 Å². The first-order valence-electron chi connectivity index (χ1n) is 8.78. The molecule has 9 heteroatoms. The quantitative estimate of drug-likeness (QED) is 0.480. The van der Waals surface area contributed by atoms with Crippen molar-refractivity contribution in [3.05, 3.63) is 58.1 Å². The second-order valence-electron chi connectivity index (χ2n) is 6.30. The molecule has 0 aromatic carbocycles. The van der Waals surface area contributed by atoms with Crippen molar-refractivity contribution in [3.63, 3.8) is 0 Å². The standard InChI is InChI=1S/C20H17N3O5S/c1-11-18-12(9-13(15-5-3-7-27-15)22-20(18)28-23-11)19(25)21-14(10-17(24)26-2)16-6-4-8-29-16/h3-9,14H,10H2,1-2H3,(H,21,25). The molecule has 29 heavy (non-hydrogen) atoms. The van der Waals surface area contributed by atoms with E-state index in [-0.39, 0.29) is 18.0 Å². The van der Waals surface area contributed by atoms with Gasteiger partial charge < -0.3 is 19.0 Å². The Morgan fingerprint density at radius 2 is 2.17 bits per heavy atom. The summed E-state index contributed by atoms with van der Waals surface area (Å²) in [5.41, 5.74) is 1.57. The molecule has 0 aliphatic carbocycles. The van der Waals surface area contributed by atoms with E-state index in [0.29, 0.717) is 28.1 Å². The predicted molar refractivity (Wildman–Crippen MR) is 105 cm³/mol. The summed E-state index contributed by atoms with van der Waals surface area (Å²) in [7, 11) is 1.32. The van der Waals surface area contributed by atoms with Crippen molar-refractivity contribution in [2.45, 2.75) is 19.4 Å². The number of rotatable bonds is 6. The van der Waals surface area contributed by atoms with Gasteiger partial charge in [0.15, 0.2) is 5.76 Å². The highest BCUT2D eigenvalue weighted by Gasteiger charge is 2.25. The average Bonchev–Trinajstić information content (AvgIpc) is 3.49. The summed E-state index contributed by atoms with van der Waals surface area (Å²) in [6.07, 6.45) is 1.54. The second-order valence-corrected chi connectivity index (χ2v) is 7.28. The summed E-state index contributed by atoms with van der Waals surface area (Å²) in [4.78, 5) is 30.3. The lowest BCUT2D eigenvalue weighted by molar-refractivity contribution is -0.141. The highest BCUT2D eigenvalue weighted by molar-refractivity contribution is 7.10. The minimum Gasteiger partial charge on any atom is -0.469 e. The van der Waals surface area contributed by atoms with Gasteiger partial charge in [0.25, 0.3) is 11.6 Å². The molecule has 1 amide bonds. The molecule has 0 bridgehead atoms. The molecule has 1 atom stereocenters. The number of furan rings is 1. The van der Waals surface area contributed by atoms with Crippen molar-refractivity contribution in [2.75, 3.05) is 7.11 Å². The summed E-state index contributed by atoms with van der Waals surface area (Å²) < 4.78 is 15.5. The van der Waals surface area contributed by atoms with E-state index in [2.05, 4.69) is 15.5 Å². The molecule has 0 radical (unpaired) electrons. The maximum absolute atomic E-state index is 13.2. The zero-order valence-corrected chi connectivity index (χ0v) is 16.5. The summed E-state index contributed by atoms with van der Waals surface area (Å²) in [5.74, 6) is -0.292. The molecule has 1 unspecified atom stereocenters. The van der Waals surface area contributed by atoms with Crippen LogP contribution in [0.5, 0.6) is 0 Å². The van der Waals surface area contributed by atoms with Crippen LogP contribution < -0.4 is 5.32 Å². The van der Waals surface area contributed by atoms with Gasteiger partial charge in [0.2, 0.25) is 0 Å². The van der Waals surface area contributed by atoms with Crippen LogP contribution in [0.25, 0.3) is 22.6 Å². The fourth-order valence-corrected chi connectivity index (χ4v) is 3.80. The lowest BCUT2D eigenvalue weighted by atomic mass is 10.1. The van der Waals surface area contributed by atoms with Gasteiger partial charge in [-0.25, -0.2) is 4.98 Å². The van der Waals surface area contributed by atoms with Gasteiger partial charge in [-0.3, -0.25) is 9.59 Å². The second kappa shape index (κ2) is 7.88. The number of thiophene rings is 1. The van der Waals surface area contributed by atoms with Crippen LogP contribution in [-0.2, 0) is 9.53 Å². The maximum atomic E-state index is 13.2. The van der Waals surface area contributed by atoms with E-state index in [0.717, 1.165) is 4.88 Å². The van der Waals surface area contributed by atoms with Crippen molar-refractivity contribution >= 4 is 34.3 Å². The van der Waals surface area contributed by atoms with Gasteiger partial charge in [0.1, 0.15) is 5.69 Å². The van der Waals surface area contributed by atoms with E-state index in [1.807, 2.05) is 17.5 Å². The summed E-state index contributed by atoms with van der Waals surface area (Å²) in [6, 6.07) is 8.30. The molecule has 0 aliphatic rings. The van der Waals surface area contributed by atoms with Gasteiger partial charge in [-0.1, -0.05) is 11.2 Å². The van der Waals surface area contributed by atoms with Gasteiger partial charge in [-0.2, -0.15) is 0 Å². The van der Waals surface area contributed by atoms with E-state index in [9.17, 15) is 9.59 Å². The van der Waals surface area contributed by atoms with E-state index in [1.165, 1.54) is 24.7 Å². The Morgan fingerprint density at radius 1 is 1.31 bits per heavy atom. The summed E-state index contributed by atoms with van der Waals surface area (Å²) >= 11 is 1.45. The van der Waals surface area contributed by atoms with Crippen LogP contribution in [0.15, 0.2) is 50.9 Å². The Kier molecular flexibility index (Phi) is 5.13. The third-order valence-corrected chi connectivity index (χ3v) is 5.41. The van der Waals surface area contributed by atoms with Crippen LogP contribution in [0.1, 0.15) is 33.4 Å². The molecule has 0 saturated heterocycles. The zero-order chi connectivity index (χ0) is 20.4. The van der Waals surface area contributed by atoms with Crippen LogP contribution in [0, 0.1) is 6.92 Å². The topological polar surface area (TPSA) is 107 Å². The fourth-order valence-electron chi connectivity index (χ4n) is 3.02. The molecule has 0 spiro atoms. The number of hydrogen-bond acceptors (Lipinski definition) is 8. The molecule has 4 rings (SSSR count). The van der Waals surface area contributed by atoms with Gasteiger partial charge in [-0.05, 0) is 36.6 Å². The number of amides is 1. The number of nitrogens with zero attached hydrogens (tertiary/aromatic N) is 2. The number of methoxy groups -OCH3 is 1. The normalized spacial score (nSPS) is 12.1. The average molecular weight is 411 g/mol. The van der Waals surface area contributed by atoms with E-state index in [4.69, 9.17) is 13.7 Å². The highest BCUT2D eigenvalue weighted by atomic mass is 32.1. The monoisotopic (exact) mass is 411 g/mol. The number of pyridine rings is 1. The SMILES string of the molecule is COC(=O)CC(NC(=O)c1cc(-c2ccco2)nc2onc(C)c12)c1cccs1. The Labute approximate surface area is 169 Å². The molecule has 0 fully saturated rings. The van der Waals surface area contributed by atoms with Crippen molar-refractivity contribution in [3.8, 4) is 11.5 Å². The van der Waals surface area contributed by atoms with Crippen LogP contribution in [0.4, 0.5) is 0 Å². The highest BCUT2D eigenvalue weighted by Crippen LogP contribution is 2.29. The number of aryl methyl sites for hydroxylation is 1. The number of esters is 1. The lowest BCUT2D eigenvalue weighted by Gasteiger charge is -2.17. The zero-order valence-electron chi connectivity index (χ0n) is 15.7. The Bertz CT molecular complexity index is 1150. The van der Waals surface area contributed by atoms with E-state index < -0.39 is 12.0 Å². The molecule has 4 aromatic heterocycles. The van der Waals surface area contributed by atoms with Gasteiger partial charge in [-0.15, -0.1) is 11.3 Å². The molecular formula is C20H17N3O5S. The molecule has 8 nitrogen and oxygen atoms in total. The molecule has 4 aromatic rings. The lowest BCUT2D eigenvalue weighted by Crippen LogP contribution is -2.30. The Balaban J connectivity index is 1.73. The summed E-state index contributed by atoms with van der Waals surface area (Å²) in [6.45, 7) is 1.74. The number of hydrogen-bond donors (Lipinski definition) is 1. The van der Waals surface area contributed by atoms with Crippen LogP contribution in [0.2, 0.25) is 0 Å². The predicted octanol–water partition coefficient (Wildman–Crippen LogP) is 3.89. The molecule has 148 valence electrons. The number of fused-ring (bicyclic) bond motifs is 1. The number of aromatic nitrogens is 2. The fraction of sp³-hybridized carbons (Fsp3) is 0.200. The molecule has 0 saturated carbocycles. The van der Waals surface area contributed by atoms with Crippen LogP contribution in [-0.4, -0.2) is 29.1 Å². The van der Waals surface area contributed by atoms with Crippen molar-refractivity contribution in [2.24, 2.45) is 0 Å². The van der Waals surface area contributed by atoms with Crippen LogP contribution in [0.3, 0.4) is 0 Å². The minimum atomic E-state index is -0.523. The minimum absolute atomic E-state index is 0.0185. The molecule has 4 heterocycles. The number of carbonyl (C=O) groups is 2. The summed E-state index contributed by atoms with van der Waals surface area (Å²) in [5, 5.41) is 9.26. The largest absolute Gasteiger partial charge is 0.469 e. The maximum Gasteiger partial charge on any atom is 0.307 e. The number of ether oxygens (including phenoxy) is 1. The smallest absolute Gasteiger partial charge is 0.307 e. The number of carbonyl (C=O) groups excluding carboxylic acids is 2. The Hall–Kier alpha value is -3.46. The first-order valence-corrected chi connectivity index (χ1v) is 9.66. The first-order chi connectivity index (χ1) is 14.1. The number of nitrogens with one attached hydrogen (secondary N) is 1. The van der Waals surface area contributed by atoms with Gasteiger partial charge in [0, 0.05) is 4.88 Å². The van der Waals surface area contributed by atoms with Gasteiger partial charge in [0.05, 0.1) is 42.5 Å². The molecule has 0 aliphatic heterocycles. The third kappa shape index (κ3) is 3.77. The molecular weight excluding hydrogens is 394 g/mol. The van der Waals surface area contributed by atoms with Crippen molar-refractivity contribution in [1.29, 1.82) is 0 Å². The van der Waals surface area contributed by atoms with Crippen LogP contribution >= 0.6 is 11.3 Å². The third-order valence-electron chi connectivity index (χ3n) is 4.43. The Morgan fingerprint density at radius 3 is 2.86 bits per heavy atom. The van der Waals surface area contributed by atoms with E-state index in [1.54, 1.807) is 25.1 Å².